The number of halogens is 1. The molecule has 30 heavy (non-hydrogen) atoms. The molecule has 0 aliphatic rings. The number of carbonyl (C=O) groups is 1. The molecule has 0 atom stereocenters. The summed E-state index contributed by atoms with van der Waals surface area (Å²) in [5, 5.41) is 2.86. The predicted octanol–water partition coefficient (Wildman–Crippen LogP) is 1.94. The van der Waals surface area contributed by atoms with E-state index >= 15 is 0 Å². The molecule has 11 heteroatoms. The summed E-state index contributed by atoms with van der Waals surface area (Å²) in [5.74, 6) is 0.580. The third-order valence-electron chi connectivity index (χ3n) is 4.86. The number of H-pyrrole nitrogens is 2. The highest BCUT2D eigenvalue weighted by atomic mass is 35.5. The van der Waals surface area contributed by atoms with E-state index in [9.17, 15) is 14.4 Å². The fourth-order valence-electron chi connectivity index (χ4n) is 3.28. The van der Waals surface area contributed by atoms with E-state index < -0.39 is 11.2 Å². The fraction of sp³-hybridized carbons (Fsp3) is 0.526. The first-order valence-electron chi connectivity index (χ1n) is 10.1. The van der Waals surface area contributed by atoms with Gasteiger partial charge in [0.05, 0.1) is 6.54 Å². The van der Waals surface area contributed by atoms with Crippen LogP contribution in [0.25, 0.3) is 11.2 Å². The Morgan fingerprint density at radius 1 is 1.17 bits per heavy atom. The maximum Gasteiger partial charge on any atom is 0.332 e. The minimum absolute atomic E-state index is 0.0803. The van der Waals surface area contributed by atoms with Crippen molar-refractivity contribution < 1.29 is 4.79 Å². The number of hydrogen-bond acceptors (Lipinski definition) is 5. The van der Waals surface area contributed by atoms with Gasteiger partial charge in [-0.15, -0.1) is 0 Å². The monoisotopic (exact) mass is 435 g/mol. The zero-order chi connectivity index (χ0) is 21.5. The Balaban J connectivity index is 1.64. The molecule has 0 saturated carbocycles. The number of aryl methyl sites for hydroxylation is 1. The molecule has 0 saturated heterocycles. The molecule has 3 aromatic heterocycles. The first kappa shape index (κ1) is 21.8. The van der Waals surface area contributed by atoms with Gasteiger partial charge in [0.25, 0.3) is 5.56 Å². The highest BCUT2D eigenvalue weighted by Gasteiger charge is 2.16. The first-order chi connectivity index (χ1) is 14.5. The molecular formula is C19H26ClN7O3. The van der Waals surface area contributed by atoms with Crippen molar-refractivity contribution in [2.75, 3.05) is 0 Å². The van der Waals surface area contributed by atoms with Crippen LogP contribution in [-0.2, 0) is 24.4 Å². The van der Waals surface area contributed by atoms with E-state index in [4.69, 9.17) is 11.6 Å². The average Bonchev–Trinajstić information content (AvgIpc) is 3.38. The van der Waals surface area contributed by atoms with Crippen LogP contribution in [-0.4, -0.2) is 35.0 Å². The summed E-state index contributed by atoms with van der Waals surface area (Å²) in [6.07, 6.45) is 7.48. The molecule has 0 unspecified atom stereocenters. The summed E-state index contributed by atoms with van der Waals surface area (Å²) in [6, 6.07) is 0. The summed E-state index contributed by atoms with van der Waals surface area (Å²) in [6.45, 7) is 3.11. The van der Waals surface area contributed by atoms with E-state index in [0.717, 1.165) is 19.3 Å². The maximum atomic E-state index is 12.9. The molecule has 10 nitrogen and oxygen atoms in total. The third-order valence-corrected chi connectivity index (χ3v) is 5.04. The minimum Gasteiger partial charge on any atom is -0.349 e. The first-order valence-corrected chi connectivity index (χ1v) is 10.5. The Kier molecular flexibility index (Phi) is 7.45. The molecule has 0 spiro atoms. The average molecular weight is 436 g/mol. The van der Waals surface area contributed by atoms with E-state index in [1.54, 1.807) is 12.4 Å². The number of carbonyl (C=O) groups excluding carboxylic acids is 1. The van der Waals surface area contributed by atoms with E-state index in [0.29, 0.717) is 43.8 Å². The molecule has 0 aliphatic heterocycles. The van der Waals surface area contributed by atoms with E-state index in [1.165, 1.54) is 9.13 Å². The Labute approximate surface area is 177 Å². The maximum absolute atomic E-state index is 12.9. The third kappa shape index (κ3) is 5.18. The number of aromatic nitrogens is 6. The highest BCUT2D eigenvalue weighted by Crippen LogP contribution is 2.11. The molecule has 162 valence electrons. The van der Waals surface area contributed by atoms with E-state index in [-0.39, 0.29) is 23.3 Å². The van der Waals surface area contributed by atoms with Gasteiger partial charge in [-0.1, -0.05) is 19.8 Å². The van der Waals surface area contributed by atoms with Crippen LogP contribution in [0.5, 0.6) is 0 Å². The molecule has 3 N–H and O–H groups in total. The Hall–Kier alpha value is -2.88. The van der Waals surface area contributed by atoms with Gasteiger partial charge in [0.1, 0.15) is 5.82 Å². The van der Waals surface area contributed by atoms with Crippen LogP contribution in [0.15, 0.2) is 22.0 Å². The number of nitrogens with one attached hydrogen (secondary N) is 3. The molecule has 0 bridgehead atoms. The second-order valence-electron chi connectivity index (χ2n) is 7.09. The van der Waals surface area contributed by atoms with Crippen molar-refractivity contribution in [1.29, 1.82) is 0 Å². The normalized spacial score (nSPS) is 11.3. The van der Waals surface area contributed by atoms with Crippen molar-refractivity contribution in [1.82, 2.24) is 34.4 Å². The zero-order valence-corrected chi connectivity index (χ0v) is 17.7. The van der Waals surface area contributed by atoms with Crippen molar-refractivity contribution in [2.45, 2.75) is 65.1 Å². The van der Waals surface area contributed by atoms with Crippen LogP contribution >= 0.6 is 11.6 Å². The lowest BCUT2D eigenvalue weighted by atomic mass is 10.2. The Morgan fingerprint density at radius 2 is 1.93 bits per heavy atom. The van der Waals surface area contributed by atoms with Crippen LogP contribution in [0, 0.1) is 0 Å². The second-order valence-corrected chi connectivity index (χ2v) is 7.45. The molecule has 0 fully saturated rings. The van der Waals surface area contributed by atoms with Gasteiger partial charge in [-0.3, -0.25) is 18.7 Å². The van der Waals surface area contributed by atoms with Gasteiger partial charge in [0, 0.05) is 31.9 Å². The van der Waals surface area contributed by atoms with E-state index in [2.05, 4.69) is 32.2 Å². The SMILES string of the molecule is CCCCCn1c(=O)n(CCCCC(=O)NCc2ncc[nH]2)c(=O)c2[nH]c(Cl)nc21. The van der Waals surface area contributed by atoms with Gasteiger partial charge in [-0.05, 0) is 30.9 Å². The molecule has 1 amide bonds. The molecular weight excluding hydrogens is 410 g/mol. The zero-order valence-electron chi connectivity index (χ0n) is 16.9. The predicted molar refractivity (Wildman–Crippen MR) is 113 cm³/mol. The number of hydrogen-bond donors (Lipinski definition) is 3. The summed E-state index contributed by atoms with van der Waals surface area (Å²) in [4.78, 5) is 51.4. The van der Waals surface area contributed by atoms with Crippen LogP contribution in [0.2, 0.25) is 5.28 Å². The molecule has 0 radical (unpaired) electrons. The highest BCUT2D eigenvalue weighted by molar-refractivity contribution is 6.28. The Morgan fingerprint density at radius 3 is 2.67 bits per heavy atom. The number of unbranched alkanes of at least 4 members (excludes halogenated alkanes) is 3. The van der Waals surface area contributed by atoms with Gasteiger partial charge >= 0.3 is 5.69 Å². The van der Waals surface area contributed by atoms with Crippen molar-refractivity contribution in [3.05, 3.63) is 44.3 Å². The lowest BCUT2D eigenvalue weighted by Gasteiger charge is -2.11. The molecule has 3 heterocycles. The van der Waals surface area contributed by atoms with Crippen LogP contribution in [0.1, 0.15) is 51.3 Å². The van der Waals surface area contributed by atoms with Crippen LogP contribution < -0.4 is 16.6 Å². The summed E-state index contributed by atoms with van der Waals surface area (Å²) >= 11 is 5.94. The standard InChI is InChI=1S/C19H26ClN7O3/c1-2-3-5-10-26-16-15(24-18(20)25-16)17(29)27(19(26)30)11-6-4-7-14(28)23-12-13-21-8-9-22-13/h8-9H,2-7,10-12H2,1H3,(H,21,22)(H,23,28)(H,24,25). The van der Waals surface area contributed by atoms with Gasteiger partial charge < -0.3 is 15.3 Å². The van der Waals surface area contributed by atoms with Crippen molar-refractivity contribution in [2.24, 2.45) is 0 Å². The number of aromatic amines is 2. The van der Waals surface area contributed by atoms with Gasteiger partial charge in [0.15, 0.2) is 11.2 Å². The topological polar surface area (TPSA) is 130 Å². The summed E-state index contributed by atoms with van der Waals surface area (Å²) in [7, 11) is 0. The molecule has 0 aromatic carbocycles. The molecule has 3 rings (SSSR count). The number of amides is 1. The number of rotatable bonds is 11. The van der Waals surface area contributed by atoms with Gasteiger partial charge in [-0.25, -0.2) is 9.78 Å². The number of nitrogens with zero attached hydrogens (tertiary/aromatic N) is 4. The van der Waals surface area contributed by atoms with Crippen molar-refractivity contribution >= 4 is 28.7 Å². The second kappa shape index (κ2) is 10.2. The number of imidazole rings is 2. The Bertz CT molecular complexity index is 1100. The smallest absolute Gasteiger partial charge is 0.332 e. The van der Waals surface area contributed by atoms with Crippen molar-refractivity contribution in [3.8, 4) is 0 Å². The van der Waals surface area contributed by atoms with Gasteiger partial charge in [-0.2, -0.15) is 4.98 Å². The quantitative estimate of drug-likeness (QED) is 0.313. The summed E-state index contributed by atoms with van der Waals surface area (Å²) in [5.41, 5.74) is -0.315. The molecule has 3 aromatic rings. The summed E-state index contributed by atoms with van der Waals surface area (Å²) < 4.78 is 2.70. The largest absolute Gasteiger partial charge is 0.349 e. The molecule has 0 aliphatic carbocycles. The van der Waals surface area contributed by atoms with Crippen LogP contribution in [0.4, 0.5) is 0 Å². The van der Waals surface area contributed by atoms with Crippen LogP contribution in [0.3, 0.4) is 0 Å². The lowest BCUT2D eigenvalue weighted by molar-refractivity contribution is -0.121. The number of fused-ring (bicyclic) bond motifs is 1. The lowest BCUT2D eigenvalue weighted by Crippen LogP contribution is -2.40. The van der Waals surface area contributed by atoms with Crippen molar-refractivity contribution in [3.63, 3.8) is 0 Å². The fourth-order valence-corrected chi connectivity index (χ4v) is 3.45. The minimum atomic E-state index is -0.441. The van der Waals surface area contributed by atoms with E-state index in [1.807, 2.05) is 0 Å². The van der Waals surface area contributed by atoms with Gasteiger partial charge in [0.2, 0.25) is 11.2 Å².